The van der Waals surface area contributed by atoms with Crippen molar-refractivity contribution in [2.24, 2.45) is 0 Å². The Kier molecular flexibility index (Phi) is 2.32. The zero-order valence-corrected chi connectivity index (χ0v) is 4.36. The Hall–Kier alpha value is -0.610. The molecule has 4 nitrogen and oxygen atoms in total. The summed E-state index contributed by atoms with van der Waals surface area (Å²) in [5, 5.41) is 10.4. The lowest BCUT2D eigenvalue weighted by Crippen LogP contribution is -3.10. The summed E-state index contributed by atoms with van der Waals surface area (Å²) in [7, 11) is 2.79. The summed E-state index contributed by atoms with van der Waals surface area (Å²) in [6.45, 7) is 0. The zero-order chi connectivity index (χ0) is 5.86. The van der Waals surface area contributed by atoms with E-state index in [-0.39, 0.29) is 5.06 Å². The van der Waals surface area contributed by atoms with E-state index in [0.29, 0.717) is 0 Å². The summed E-state index contributed by atoms with van der Waals surface area (Å²) in [5.41, 5.74) is 0. The smallest absolute Gasteiger partial charge is 0.306 e. The molecule has 0 bridgehead atoms. The van der Waals surface area contributed by atoms with Gasteiger partial charge in [-0.25, -0.2) is 10.0 Å². The standard InChI is InChI=1S/C3H8N2O2/c1-4-3(6)5(2)7/h7H,1-2H3,(H,4,6)/p+1. The normalized spacial score (nSPS) is 13.0. The minimum atomic E-state index is -0.431. The van der Waals surface area contributed by atoms with E-state index < -0.39 is 6.03 Å². The lowest BCUT2D eigenvalue weighted by atomic mass is 10.9. The second-order valence-corrected chi connectivity index (χ2v) is 1.16. The molecule has 0 spiro atoms. The van der Waals surface area contributed by atoms with Crippen LogP contribution in [0.15, 0.2) is 0 Å². The van der Waals surface area contributed by atoms with Gasteiger partial charge in [-0.1, -0.05) is 0 Å². The van der Waals surface area contributed by atoms with Gasteiger partial charge in [0, 0.05) is 7.05 Å². The van der Waals surface area contributed by atoms with Crippen molar-refractivity contribution in [1.82, 2.24) is 5.32 Å². The van der Waals surface area contributed by atoms with Crippen LogP contribution in [0.4, 0.5) is 4.79 Å². The number of quaternary nitrogens is 1. The molecule has 0 aliphatic heterocycles. The quantitative estimate of drug-likeness (QED) is 0.252. The van der Waals surface area contributed by atoms with Crippen molar-refractivity contribution in [2.45, 2.75) is 0 Å². The molecule has 7 heavy (non-hydrogen) atoms. The fourth-order valence-electron chi connectivity index (χ4n) is 0.181. The van der Waals surface area contributed by atoms with Crippen molar-refractivity contribution in [3.05, 3.63) is 0 Å². The first-order valence-electron chi connectivity index (χ1n) is 1.93. The minimum Gasteiger partial charge on any atom is -0.306 e. The van der Waals surface area contributed by atoms with Crippen LogP contribution in [-0.4, -0.2) is 25.3 Å². The van der Waals surface area contributed by atoms with Crippen LogP contribution in [0.3, 0.4) is 0 Å². The van der Waals surface area contributed by atoms with Gasteiger partial charge >= 0.3 is 6.03 Å². The van der Waals surface area contributed by atoms with E-state index in [1.165, 1.54) is 14.1 Å². The van der Waals surface area contributed by atoms with Gasteiger partial charge in [0.15, 0.2) is 0 Å². The predicted molar refractivity (Wildman–Crippen MR) is 23.1 cm³/mol. The van der Waals surface area contributed by atoms with Crippen LogP contribution in [0.2, 0.25) is 0 Å². The largest absolute Gasteiger partial charge is 0.446 e. The second-order valence-electron chi connectivity index (χ2n) is 1.16. The molecule has 0 aromatic heterocycles. The molecule has 1 atom stereocenters. The van der Waals surface area contributed by atoms with Gasteiger partial charge in [0.1, 0.15) is 7.05 Å². The number of hydroxylamine groups is 2. The highest BCUT2D eigenvalue weighted by Gasteiger charge is 2.05. The van der Waals surface area contributed by atoms with E-state index in [2.05, 4.69) is 5.32 Å². The Morgan fingerprint density at radius 3 is 2.29 bits per heavy atom. The molecule has 0 saturated carbocycles. The molecule has 0 aliphatic carbocycles. The van der Waals surface area contributed by atoms with Crippen LogP contribution in [0.25, 0.3) is 0 Å². The zero-order valence-electron chi connectivity index (χ0n) is 4.36. The van der Waals surface area contributed by atoms with Crippen LogP contribution < -0.4 is 10.4 Å². The number of urea groups is 1. The highest BCUT2D eigenvalue weighted by atomic mass is 16.5. The number of nitrogens with one attached hydrogen (secondary N) is 2. The Morgan fingerprint density at radius 1 is 1.86 bits per heavy atom. The summed E-state index contributed by atoms with van der Waals surface area (Å²) in [6.07, 6.45) is 0. The molecule has 0 aliphatic rings. The van der Waals surface area contributed by atoms with Crippen LogP contribution in [0.5, 0.6) is 0 Å². The van der Waals surface area contributed by atoms with Gasteiger partial charge in [-0.2, -0.15) is 0 Å². The Morgan fingerprint density at radius 2 is 2.29 bits per heavy atom. The highest BCUT2D eigenvalue weighted by Crippen LogP contribution is 1.41. The molecule has 0 rings (SSSR count). The Bertz CT molecular complexity index is 71.3. The fraction of sp³-hybridized carbons (Fsp3) is 0.667. The monoisotopic (exact) mass is 105 g/mol. The van der Waals surface area contributed by atoms with Gasteiger partial charge in [-0.05, 0) is 0 Å². The summed E-state index contributed by atoms with van der Waals surface area (Å²) < 4.78 is 0. The first kappa shape index (κ1) is 6.39. The van der Waals surface area contributed by atoms with Crippen molar-refractivity contribution in [3.8, 4) is 0 Å². The molecule has 2 amide bonds. The van der Waals surface area contributed by atoms with Crippen LogP contribution in [-0.2, 0) is 0 Å². The van der Waals surface area contributed by atoms with Gasteiger partial charge in [0.2, 0.25) is 0 Å². The predicted octanol–water partition coefficient (Wildman–Crippen LogP) is -1.77. The van der Waals surface area contributed by atoms with Crippen LogP contribution in [0.1, 0.15) is 0 Å². The molecule has 0 aromatic carbocycles. The van der Waals surface area contributed by atoms with Crippen molar-refractivity contribution in [3.63, 3.8) is 0 Å². The SMILES string of the molecule is CNC(=O)[NH+](C)O. The molecule has 4 heteroatoms. The molecular weight excluding hydrogens is 96.0 g/mol. The molecule has 3 N–H and O–H groups in total. The third-order valence-corrected chi connectivity index (χ3v) is 0.556. The van der Waals surface area contributed by atoms with E-state index in [9.17, 15) is 4.79 Å². The number of carbonyl (C=O) groups excluding carboxylic acids is 1. The van der Waals surface area contributed by atoms with Gasteiger partial charge in [-0.15, -0.1) is 5.06 Å². The Balaban J connectivity index is 3.35. The van der Waals surface area contributed by atoms with Gasteiger partial charge in [-0.3, -0.25) is 0 Å². The van der Waals surface area contributed by atoms with E-state index >= 15 is 0 Å². The van der Waals surface area contributed by atoms with E-state index in [1.807, 2.05) is 0 Å². The number of rotatable bonds is 0. The number of hydrogen-bond acceptors (Lipinski definition) is 2. The molecule has 42 valence electrons. The maximum absolute atomic E-state index is 10.1. The first-order chi connectivity index (χ1) is 3.18. The lowest BCUT2D eigenvalue weighted by Gasteiger charge is -1.96. The molecule has 0 heterocycles. The molecule has 0 saturated heterocycles. The summed E-state index contributed by atoms with van der Waals surface area (Å²) in [6, 6.07) is -0.431. The topological polar surface area (TPSA) is 53.8 Å². The Labute approximate surface area is 41.7 Å². The molecule has 0 radical (unpaired) electrons. The van der Waals surface area contributed by atoms with E-state index in [4.69, 9.17) is 5.21 Å². The van der Waals surface area contributed by atoms with Crippen molar-refractivity contribution in [2.75, 3.05) is 14.1 Å². The highest BCUT2D eigenvalue weighted by molar-refractivity contribution is 5.62. The van der Waals surface area contributed by atoms with E-state index in [1.54, 1.807) is 0 Å². The summed E-state index contributed by atoms with van der Waals surface area (Å²) in [5.74, 6) is 0. The van der Waals surface area contributed by atoms with Crippen LogP contribution >= 0.6 is 0 Å². The van der Waals surface area contributed by atoms with Crippen molar-refractivity contribution >= 4 is 6.03 Å². The number of amides is 2. The van der Waals surface area contributed by atoms with E-state index in [0.717, 1.165) is 0 Å². The fourth-order valence-corrected chi connectivity index (χ4v) is 0.181. The van der Waals surface area contributed by atoms with Gasteiger partial charge in [0.05, 0.1) is 0 Å². The van der Waals surface area contributed by atoms with Crippen molar-refractivity contribution < 1.29 is 15.1 Å². The third-order valence-electron chi connectivity index (χ3n) is 0.556. The molecule has 1 unspecified atom stereocenters. The number of carbonyl (C=O) groups is 1. The average molecular weight is 105 g/mol. The van der Waals surface area contributed by atoms with Crippen molar-refractivity contribution in [1.29, 1.82) is 0 Å². The molecular formula is C3H9N2O2+. The summed E-state index contributed by atoms with van der Waals surface area (Å²) >= 11 is 0. The first-order valence-corrected chi connectivity index (χ1v) is 1.93. The average Bonchev–Trinajstić information content (AvgIpc) is 1.65. The lowest BCUT2D eigenvalue weighted by molar-refractivity contribution is -1.00. The van der Waals surface area contributed by atoms with Gasteiger partial charge < -0.3 is 5.32 Å². The molecule has 0 fully saturated rings. The summed E-state index contributed by atoms with van der Waals surface area (Å²) in [4.78, 5) is 10.1. The third kappa shape index (κ3) is 2.13. The maximum Gasteiger partial charge on any atom is 0.446 e. The van der Waals surface area contributed by atoms with Crippen LogP contribution in [0, 0.1) is 0 Å². The maximum atomic E-state index is 10.1. The second kappa shape index (κ2) is 2.54. The number of hydrogen-bond donors (Lipinski definition) is 3. The minimum absolute atomic E-state index is 0.206. The molecule has 0 aromatic rings. The van der Waals surface area contributed by atoms with Gasteiger partial charge in [0.25, 0.3) is 0 Å².